The third-order valence-corrected chi connectivity index (χ3v) is 6.19. The van der Waals surface area contributed by atoms with Crippen LogP contribution in [-0.2, 0) is 9.53 Å². The summed E-state index contributed by atoms with van der Waals surface area (Å²) in [5, 5.41) is 2.49. The molecule has 2 aliphatic carbocycles. The van der Waals surface area contributed by atoms with Crippen LogP contribution in [0, 0.1) is 5.92 Å². The van der Waals surface area contributed by atoms with Crippen LogP contribution in [0.5, 0.6) is 0 Å². The van der Waals surface area contributed by atoms with E-state index in [0.29, 0.717) is 12.3 Å². The lowest BCUT2D eigenvalue weighted by atomic mass is 9.86. The molecule has 0 aliphatic heterocycles. The highest BCUT2D eigenvalue weighted by atomic mass is 32.1. The van der Waals surface area contributed by atoms with Crippen LogP contribution in [0.1, 0.15) is 56.9 Å². The number of fused-ring (bicyclic) bond motifs is 1. The smallest absolute Gasteiger partial charge is 0.155 e. The first-order chi connectivity index (χ1) is 13.7. The molecule has 0 bridgehead atoms. The van der Waals surface area contributed by atoms with E-state index in [-0.39, 0.29) is 5.78 Å². The first-order valence-electron chi connectivity index (χ1n) is 10.4. The van der Waals surface area contributed by atoms with Crippen LogP contribution in [0.15, 0.2) is 36.4 Å². The van der Waals surface area contributed by atoms with Crippen molar-refractivity contribution in [3.8, 4) is 0 Å². The van der Waals surface area contributed by atoms with Crippen molar-refractivity contribution < 1.29 is 9.53 Å². The van der Waals surface area contributed by atoms with Gasteiger partial charge in [0.25, 0.3) is 0 Å². The predicted molar refractivity (Wildman–Crippen MR) is 122 cm³/mol. The number of methoxy groups -OCH3 is 1. The summed E-state index contributed by atoms with van der Waals surface area (Å²) in [6, 6.07) is 6.43. The van der Waals surface area contributed by atoms with Crippen molar-refractivity contribution in [2.45, 2.75) is 51.4 Å². The number of ether oxygens (including phenoxy) is 1. The van der Waals surface area contributed by atoms with Crippen molar-refractivity contribution in [1.82, 2.24) is 0 Å². The van der Waals surface area contributed by atoms with Crippen LogP contribution in [0.25, 0.3) is 17.7 Å². The van der Waals surface area contributed by atoms with E-state index in [1.165, 1.54) is 16.0 Å². The number of ketones is 1. The van der Waals surface area contributed by atoms with Gasteiger partial charge in [0, 0.05) is 20.1 Å². The Balaban J connectivity index is 1.99. The number of thiocarbonyl (C=S) groups is 1. The van der Waals surface area contributed by atoms with E-state index < -0.39 is 0 Å². The molecule has 3 rings (SSSR count). The van der Waals surface area contributed by atoms with Crippen molar-refractivity contribution in [2.24, 2.45) is 5.92 Å². The summed E-state index contributed by atoms with van der Waals surface area (Å²) in [5.41, 5.74) is 2.36. The van der Waals surface area contributed by atoms with Crippen molar-refractivity contribution in [1.29, 1.82) is 0 Å². The van der Waals surface area contributed by atoms with Crippen LogP contribution in [0.3, 0.4) is 0 Å². The summed E-state index contributed by atoms with van der Waals surface area (Å²) in [5.74, 6) is 0.607. The highest BCUT2D eigenvalue weighted by Crippen LogP contribution is 2.26. The summed E-state index contributed by atoms with van der Waals surface area (Å²) in [6.45, 7) is 0.735. The molecule has 0 saturated heterocycles. The molecule has 0 radical (unpaired) electrons. The monoisotopic (exact) mass is 394 g/mol. The number of carbonyl (C=O) groups excluding carboxylic acids is 1. The molecular formula is C25H30O2S. The Bertz CT molecular complexity index is 892. The number of rotatable bonds is 4. The molecule has 28 heavy (non-hydrogen) atoms. The van der Waals surface area contributed by atoms with Gasteiger partial charge in [0.2, 0.25) is 0 Å². The maximum Gasteiger partial charge on any atom is 0.155 e. The van der Waals surface area contributed by atoms with Gasteiger partial charge in [-0.3, -0.25) is 4.79 Å². The van der Waals surface area contributed by atoms with E-state index in [1.54, 1.807) is 7.11 Å². The number of hydrogen-bond donors (Lipinski definition) is 0. The summed E-state index contributed by atoms with van der Waals surface area (Å²) in [7, 11) is 1.75. The Morgan fingerprint density at radius 2 is 2.07 bits per heavy atom. The van der Waals surface area contributed by atoms with Crippen LogP contribution >= 0.6 is 12.2 Å². The third kappa shape index (κ3) is 5.59. The highest BCUT2D eigenvalue weighted by Gasteiger charge is 2.18. The predicted octanol–water partition coefficient (Wildman–Crippen LogP) is 4.54. The molecule has 0 spiro atoms. The summed E-state index contributed by atoms with van der Waals surface area (Å²) >= 11 is 5.71. The molecule has 0 amide bonds. The Labute approximate surface area is 173 Å². The largest absolute Gasteiger partial charge is 0.385 e. The summed E-state index contributed by atoms with van der Waals surface area (Å²) < 4.78 is 5.31. The number of hydrogen-bond acceptors (Lipinski definition) is 3. The number of carbonyl (C=O) groups is 1. The molecule has 0 fully saturated rings. The van der Waals surface area contributed by atoms with Gasteiger partial charge in [-0.2, -0.15) is 0 Å². The van der Waals surface area contributed by atoms with E-state index in [1.807, 2.05) is 6.08 Å². The second-order valence-corrected chi connectivity index (χ2v) is 8.18. The molecule has 0 heterocycles. The van der Waals surface area contributed by atoms with Crippen molar-refractivity contribution in [3.05, 3.63) is 52.4 Å². The zero-order valence-electron chi connectivity index (χ0n) is 16.8. The molecule has 1 atom stereocenters. The molecule has 2 aliphatic rings. The van der Waals surface area contributed by atoms with Gasteiger partial charge < -0.3 is 4.74 Å². The van der Waals surface area contributed by atoms with Gasteiger partial charge in [-0.05, 0) is 83.4 Å². The maximum absolute atomic E-state index is 12.6. The lowest BCUT2D eigenvalue weighted by molar-refractivity contribution is -0.114. The van der Waals surface area contributed by atoms with Crippen LogP contribution in [0.2, 0.25) is 0 Å². The van der Waals surface area contributed by atoms with E-state index in [2.05, 4.69) is 42.5 Å². The van der Waals surface area contributed by atoms with Crippen LogP contribution in [-0.4, -0.2) is 24.4 Å². The fourth-order valence-corrected chi connectivity index (χ4v) is 4.46. The average Bonchev–Trinajstić information content (AvgIpc) is 2.66. The molecule has 3 heteroatoms. The second kappa shape index (κ2) is 10.6. The minimum atomic E-state index is 0.223. The molecule has 2 nitrogen and oxygen atoms in total. The fourth-order valence-electron chi connectivity index (χ4n) is 4.08. The lowest BCUT2D eigenvalue weighted by Crippen LogP contribution is -2.28. The van der Waals surface area contributed by atoms with Gasteiger partial charge in [0.05, 0.1) is 0 Å². The normalized spacial score (nSPS) is 20.9. The Morgan fingerprint density at radius 1 is 1.18 bits per heavy atom. The van der Waals surface area contributed by atoms with Gasteiger partial charge in [-0.15, -0.1) is 0 Å². The van der Waals surface area contributed by atoms with Crippen LogP contribution in [0.4, 0.5) is 0 Å². The van der Waals surface area contributed by atoms with Crippen LogP contribution < -0.4 is 10.4 Å². The van der Waals surface area contributed by atoms with Gasteiger partial charge in [-0.1, -0.05) is 54.7 Å². The fraction of sp³-hybridized carbons (Fsp3) is 0.440. The van der Waals surface area contributed by atoms with Gasteiger partial charge in [0.1, 0.15) is 0 Å². The minimum absolute atomic E-state index is 0.223. The first-order valence-corrected chi connectivity index (χ1v) is 10.8. The molecule has 1 unspecified atom stereocenters. The number of allylic oxidation sites excluding steroid dienone is 4. The third-order valence-electron chi connectivity index (χ3n) is 5.65. The first kappa shape index (κ1) is 20.9. The molecule has 148 valence electrons. The topological polar surface area (TPSA) is 26.3 Å². The zero-order valence-corrected chi connectivity index (χ0v) is 17.6. The van der Waals surface area contributed by atoms with E-state index >= 15 is 0 Å². The van der Waals surface area contributed by atoms with Crippen molar-refractivity contribution >= 4 is 40.6 Å². The number of benzene rings is 1. The van der Waals surface area contributed by atoms with E-state index in [9.17, 15) is 4.79 Å². The molecule has 0 saturated carbocycles. The van der Waals surface area contributed by atoms with Crippen molar-refractivity contribution in [3.63, 3.8) is 0 Å². The van der Waals surface area contributed by atoms with Gasteiger partial charge in [-0.25, -0.2) is 0 Å². The SMILES string of the molecule is COCCC1CCC(c2cccc3c2=CCCC=CC=3)=CC(=O)CCCC1=S. The van der Waals surface area contributed by atoms with E-state index in [4.69, 9.17) is 17.0 Å². The molecule has 1 aromatic rings. The molecule has 1 aromatic carbocycles. The minimum Gasteiger partial charge on any atom is -0.385 e. The Hall–Kier alpha value is -1.84. The summed E-state index contributed by atoms with van der Waals surface area (Å²) in [6.07, 6.45) is 17.9. The lowest BCUT2D eigenvalue weighted by Gasteiger charge is -2.20. The van der Waals surface area contributed by atoms with Crippen molar-refractivity contribution in [2.75, 3.05) is 13.7 Å². The molecular weight excluding hydrogens is 364 g/mol. The summed E-state index contributed by atoms with van der Waals surface area (Å²) in [4.78, 5) is 13.7. The quantitative estimate of drug-likeness (QED) is 0.702. The Kier molecular flexibility index (Phi) is 7.93. The van der Waals surface area contributed by atoms with Gasteiger partial charge >= 0.3 is 0 Å². The highest BCUT2D eigenvalue weighted by molar-refractivity contribution is 7.80. The molecule has 0 N–H and O–H groups in total. The maximum atomic E-state index is 12.6. The Morgan fingerprint density at radius 3 is 2.93 bits per heavy atom. The standard InChI is InChI=1S/C25H30O2S/c1-27-17-16-20-14-15-21(18-22(26)10-7-13-25(20)28)24-12-6-9-19-8-4-2-3-5-11-23(19)24/h2,4,6,8-9,11-12,18,20H,3,5,7,10,13-17H2,1H3. The average molecular weight is 395 g/mol. The zero-order chi connectivity index (χ0) is 19.8. The second-order valence-electron chi connectivity index (χ2n) is 7.66. The van der Waals surface area contributed by atoms with Gasteiger partial charge in [0.15, 0.2) is 5.78 Å². The molecule has 0 aromatic heterocycles. The van der Waals surface area contributed by atoms with E-state index in [0.717, 1.165) is 62.0 Å².